The van der Waals surface area contributed by atoms with Crippen molar-refractivity contribution in [3.05, 3.63) is 64.8 Å². The van der Waals surface area contributed by atoms with E-state index in [2.05, 4.69) is 0 Å². The summed E-state index contributed by atoms with van der Waals surface area (Å²) in [5, 5.41) is 0.397. The number of likely N-dealkylation sites (tertiary alicyclic amines) is 1. The fourth-order valence-corrected chi connectivity index (χ4v) is 3.23. The molecule has 1 aromatic heterocycles. The Balaban J connectivity index is 1.82. The fourth-order valence-electron chi connectivity index (χ4n) is 3.23. The van der Waals surface area contributed by atoms with Gasteiger partial charge < -0.3 is 14.1 Å². The van der Waals surface area contributed by atoms with Gasteiger partial charge in [0.25, 0.3) is 0 Å². The second-order valence-electron chi connectivity index (χ2n) is 6.37. The van der Waals surface area contributed by atoms with Crippen molar-refractivity contribution in [1.29, 1.82) is 0 Å². The molecule has 4 rings (SSSR count). The van der Waals surface area contributed by atoms with Crippen LogP contribution in [0.4, 0.5) is 4.79 Å². The van der Waals surface area contributed by atoms with E-state index in [1.165, 1.54) is 0 Å². The van der Waals surface area contributed by atoms with E-state index in [1.807, 2.05) is 30.3 Å². The highest BCUT2D eigenvalue weighted by Gasteiger charge is 2.24. The maximum atomic E-state index is 13.0. The lowest BCUT2D eigenvalue weighted by Gasteiger charge is -2.25. The lowest BCUT2D eigenvalue weighted by Crippen LogP contribution is -2.38. The molecule has 0 unspecified atom stereocenters. The Labute approximate surface area is 150 Å². The average molecular weight is 349 g/mol. The standard InChI is InChI=1S/C21H19NO4/c23-18-16-11-5-6-12-17(16)25-19(15-9-3-1-4-10-15)20(18)26-21(24)22-13-7-2-8-14-22/h1,3-6,9-12H,2,7-8,13-14H2. The quantitative estimate of drug-likeness (QED) is 0.686. The molecule has 5 heteroatoms. The molecule has 2 heterocycles. The van der Waals surface area contributed by atoms with E-state index in [9.17, 15) is 9.59 Å². The summed E-state index contributed by atoms with van der Waals surface area (Å²) in [5.41, 5.74) is 0.821. The summed E-state index contributed by atoms with van der Waals surface area (Å²) >= 11 is 0. The number of para-hydroxylation sites is 1. The summed E-state index contributed by atoms with van der Waals surface area (Å²) in [7, 11) is 0. The van der Waals surface area contributed by atoms with Crippen LogP contribution >= 0.6 is 0 Å². The average Bonchev–Trinajstić information content (AvgIpc) is 2.71. The van der Waals surface area contributed by atoms with Gasteiger partial charge in [-0.3, -0.25) is 4.79 Å². The van der Waals surface area contributed by atoms with Gasteiger partial charge in [0.15, 0.2) is 5.76 Å². The maximum Gasteiger partial charge on any atom is 0.415 e. The van der Waals surface area contributed by atoms with E-state index in [-0.39, 0.29) is 16.9 Å². The van der Waals surface area contributed by atoms with Crippen molar-refractivity contribution >= 4 is 17.1 Å². The number of benzene rings is 2. The Morgan fingerprint density at radius 2 is 1.62 bits per heavy atom. The Kier molecular flexibility index (Phi) is 4.44. The molecule has 0 aliphatic carbocycles. The van der Waals surface area contributed by atoms with E-state index in [0.717, 1.165) is 19.3 Å². The Morgan fingerprint density at radius 1 is 0.923 bits per heavy atom. The molecule has 0 atom stereocenters. The van der Waals surface area contributed by atoms with Crippen LogP contribution in [0.3, 0.4) is 0 Å². The monoisotopic (exact) mass is 349 g/mol. The van der Waals surface area contributed by atoms with Gasteiger partial charge in [0.1, 0.15) is 5.58 Å². The second-order valence-corrected chi connectivity index (χ2v) is 6.37. The topological polar surface area (TPSA) is 59.8 Å². The molecule has 1 aliphatic heterocycles. The summed E-state index contributed by atoms with van der Waals surface area (Å²) in [6.07, 6.45) is 2.52. The lowest BCUT2D eigenvalue weighted by molar-refractivity contribution is 0.141. The lowest BCUT2D eigenvalue weighted by atomic mass is 10.1. The normalized spacial score (nSPS) is 14.4. The van der Waals surface area contributed by atoms with Crippen LogP contribution in [0.25, 0.3) is 22.3 Å². The van der Waals surface area contributed by atoms with Crippen LogP contribution in [0.5, 0.6) is 5.75 Å². The third-order valence-corrected chi connectivity index (χ3v) is 4.60. The minimum Gasteiger partial charge on any atom is -0.452 e. The predicted molar refractivity (Wildman–Crippen MR) is 99.4 cm³/mol. The van der Waals surface area contributed by atoms with Crippen molar-refractivity contribution in [2.45, 2.75) is 19.3 Å². The Morgan fingerprint density at radius 3 is 2.38 bits per heavy atom. The second kappa shape index (κ2) is 7.04. The van der Waals surface area contributed by atoms with E-state index >= 15 is 0 Å². The SMILES string of the molecule is O=C(Oc1c(-c2ccccc2)oc2ccccc2c1=O)N1CCCCC1. The van der Waals surface area contributed by atoms with Crippen LogP contribution in [0.15, 0.2) is 63.8 Å². The minimum atomic E-state index is -0.496. The van der Waals surface area contributed by atoms with Crippen LogP contribution in [0.1, 0.15) is 19.3 Å². The van der Waals surface area contributed by atoms with Gasteiger partial charge in [-0.05, 0) is 31.4 Å². The largest absolute Gasteiger partial charge is 0.452 e. The molecule has 1 aliphatic rings. The van der Waals surface area contributed by atoms with Gasteiger partial charge >= 0.3 is 6.09 Å². The van der Waals surface area contributed by atoms with Crippen molar-refractivity contribution < 1.29 is 13.9 Å². The first-order valence-corrected chi connectivity index (χ1v) is 8.82. The van der Waals surface area contributed by atoms with Crippen molar-refractivity contribution in [3.63, 3.8) is 0 Å². The zero-order valence-electron chi connectivity index (χ0n) is 14.3. The third kappa shape index (κ3) is 3.08. The highest BCUT2D eigenvalue weighted by molar-refractivity contribution is 5.84. The summed E-state index contributed by atoms with van der Waals surface area (Å²) in [5.74, 6) is 0.227. The summed E-state index contributed by atoms with van der Waals surface area (Å²) in [6, 6.07) is 16.2. The van der Waals surface area contributed by atoms with Crippen LogP contribution in [-0.2, 0) is 0 Å². The number of carbonyl (C=O) groups excluding carboxylic acids is 1. The molecular weight excluding hydrogens is 330 g/mol. The molecule has 5 nitrogen and oxygen atoms in total. The van der Waals surface area contributed by atoms with Gasteiger partial charge in [-0.1, -0.05) is 42.5 Å². The first-order valence-electron chi connectivity index (χ1n) is 8.82. The summed E-state index contributed by atoms with van der Waals surface area (Å²) in [6.45, 7) is 1.30. The van der Waals surface area contributed by atoms with Crippen LogP contribution in [-0.4, -0.2) is 24.1 Å². The van der Waals surface area contributed by atoms with E-state index in [1.54, 1.807) is 29.2 Å². The molecule has 0 N–H and O–H groups in total. The molecule has 1 amide bonds. The van der Waals surface area contributed by atoms with Crippen LogP contribution in [0, 0.1) is 0 Å². The van der Waals surface area contributed by atoms with Crippen LogP contribution in [0.2, 0.25) is 0 Å². The molecule has 1 saturated heterocycles. The van der Waals surface area contributed by atoms with Crippen molar-refractivity contribution in [2.75, 3.05) is 13.1 Å². The Bertz CT molecular complexity index is 988. The zero-order chi connectivity index (χ0) is 17.9. The number of hydrogen-bond acceptors (Lipinski definition) is 4. The van der Waals surface area contributed by atoms with Crippen LogP contribution < -0.4 is 10.2 Å². The van der Waals surface area contributed by atoms with Gasteiger partial charge in [-0.15, -0.1) is 0 Å². The molecule has 132 valence electrons. The molecule has 0 spiro atoms. The maximum absolute atomic E-state index is 13.0. The summed E-state index contributed by atoms with van der Waals surface area (Å²) in [4.78, 5) is 27.2. The van der Waals surface area contributed by atoms with E-state index in [4.69, 9.17) is 9.15 Å². The fraction of sp³-hybridized carbons (Fsp3) is 0.238. The van der Waals surface area contributed by atoms with Gasteiger partial charge in [-0.25, -0.2) is 4.79 Å². The molecule has 2 aromatic carbocycles. The number of carbonyl (C=O) groups is 1. The number of nitrogens with zero attached hydrogens (tertiary/aromatic N) is 1. The van der Waals surface area contributed by atoms with Gasteiger partial charge in [0, 0.05) is 18.7 Å². The van der Waals surface area contributed by atoms with Crippen molar-refractivity contribution in [1.82, 2.24) is 4.90 Å². The number of hydrogen-bond donors (Lipinski definition) is 0. The number of amides is 1. The molecule has 3 aromatic rings. The number of ether oxygens (including phenoxy) is 1. The highest BCUT2D eigenvalue weighted by atomic mass is 16.6. The molecule has 26 heavy (non-hydrogen) atoms. The van der Waals surface area contributed by atoms with Crippen molar-refractivity contribution in [2.24, 2.45) is 0 Å². The van der Waals surface area contributed by atoms with E-state index < -0.39 is 6.09 Å². The van der Waals surface area contributed by atoms with Gasteiger partial charge in [-0.2, -0.15) is 0 Å². The zero-order valence-corrected chi connectivity index (χ0v) is 14.3. The molecule has 0 bridgehead atoms. The summed E-state index contributed by atoms with van der Waals surface area (Å²) < 4.78 is 11.5. The minimum absolute atomic E-state index is 0.0505. The third-order valence-electron chi connectivity index (χ3n) is 4.60. The molecular formula is C21H19NO4. The highest BCUT2D eigenvalue weighted by Crippen LogP contribution is 2.31. The first kappa shape index (κ1) is 16.4. The number of piperidine rings is 1. The first-order chi connectivity index (χ1) is 12.7. The van der Waals surface area contributed by atoms with Gasteiger partial charge in [0.05, 0.1) is 5.39 Å². The van der Waals surface area contributed by atoms with E-state index in [0.29, 0.717) is 29.6 Å². The smallest absolute Gasteiger partial charge is 0.415 e. The number of rotatable bonds is 2. The molecule has 0 saturated carbocycles. The molecule has 0 radical (unpaired) electrons. The Hall–Kier alpha value is -3.08. The predicted octanol–water partition coefficient (Wildman–Crippen LogP) is 4.44. The molecule has 1 fully saturated rings. The van der Waals surface area contributed by atoms with Gasteiger partial charge in [0.2, 0.25) is 11.2 Å². The number of fused-ring (bicyclic) bond motifs is 1. The van der Waals surface area contributed by atoms with Crippen molar-refractivity contribution in [3.8, 4) is 17.1 Å².